The minimum atomic E-state index is -2.82. The summed E-state index contributed by atoms with van der Waals surface area (Å²) in [6, 6.07) is 6.72. The molecule has 0 saturated carbocycles. The molecule has 0 aliphatic rings. The van der Waals surface area contributed by atoms with Crippen LogP contribution in [-0.4, -0.2) is 36.8 Å². The summed E-state index contributed by atoms with van der Waals surface area (Å²) in [5, 5.41) is 0. The summed E-state index contributed by atoms with van der Waals surface area (Å²) in [7, 11) is -5.63. The first-order valence-corrected chi connectivity index (χ1v) is 11.7. The second-order valence-corrected chi connectivity index (χ2v) is 11.2. The molecule has 3 rings (SSSR count). The fourth-order valence-corrected chi connectivity index (χ4v) is 3.79. The number of aromatic nitrogens is 4. The lowest BCUT2D eigenvalue weighted by atomic mass is 9.98. The van der Waals surface area contributed by atoms with Crippen LogP contribution < -0.4 is 5.73 Å². The topological polar surface area (TPSA) is 146 Å². The minimum Gasteiger partial charge on any atom is -0.383 e. The van der Waals surface area contributed by atoms with E-state index in [1.807, 2.05) is 0 Å². The predicted octanol–water partition coefficient (Wildman–Crippen LogP) is 1.88. The maximum absolute atomic E-state index is 11.8. The normalized spacial score (nSPS) is 12.5. The van der Waals surface area contributed by atoms with Crippen LogP contribution in [0.2, 0.25) is 0 Å². The molecule has 0 aliphatic heterocycles. The van der Waals surface area contributed by atoms with Gasteiger partial charge in [-0.1, -0.05) is 6.07 Å². The van der Waals surface area contributed by atoms with Crippen molar-refractivity contribution < 1.29 is 16.8 Å². The maximum Gasteiger partial charge on any atom is 0.163 e. The number of anilines is 1. The molecule has 0 fully saturated rings. The number of rotatable bonds is 6. The van der Waals surface area contributed by atoms with Crippen molar-refractivity contribution in [2.45, 2.75) is 37.2 Å². The van der Waals surface area contributed by atoms with Crippen LogP contribution in [0, 0.1) is 0 Å². The lowest BCUT2D eigenvalue weighted by Crippen LogP contribution is -2.22. The van der Waals surface area contributed by atoms with Gasteiger partial charge >= 0.3 is 0 Å². The molecule has 164 valence electrons. The second-order valence-electron chi connectivity index (χ2n) is 7.92. The van der Waals surface area contributed by atoms with Crippen molar-refractivity contribution >= 4 is 27.2 Å². The van der Waals surface area contributed by atoms with E-state index in [9.17, 15) is 16.8 Å². The molecule has 3 aromatic heterocycles. The van der Waals surface area contributed by atoms with E-state index in [0.29, 0.717) is 28.1 Å². The molecule has 9 nitrogen and oxygen atoms in total. The molecule has 2 N–H and O–H groups in total. The monoisotopic (exact) mass is 461 g/mol. The smallest absolute Gasteiger partial charge is 0.163 e. The van der Waals surface area contributed by atoms with Gasteiger partial charge in [-0.05, 0) is 45.9 Å². The van der Waals surface area contributed by atoms with E-state index in [2.05, 4.69) is 19.9 Å². The maximum atomic E-state index is 11.8. The first-order valence-electron chi connectivity index (χ1n) is 9.31. The van der Waals surface area contributed by atoms with Gasteiger partial charge in [-0.3, -0.25) is 9.97 Å². The Balaban J connectivity index is 2.17. The highest BCUT2D eigenvalue weighted by Crippen LogP contribution is 2.36. The van der Waals surface area contributed by atoms with Crippen LogP contribution in [0.15, 0.2) is 42.9 Å². The molecule has 0 bridgehead atoms. The average Bonchev–Trinajstić information content (AvgIpc) is 2.73. The molecule has 3 heterocycles. The highest BCUT2D eigenvalue weighted by atomic mass is 32.2. The Bertz CT molecular complexity index is 1280. The third-order valence-electron chi connectivity index (χ3n) is 5.04. The van der Waals surface area contributed by atoms with Gasteiger partial charge in [0.1, 0.15) is 15.3 Å². The van der Waals surface area contributed by atoms with Gasteiger partial charge in [-0.25, -0.2) is 26.8 Å². The molecule has 0 unspecified atom stereocenters. The number of thiol groups is 2. The Labute approximate surface area is 183 Å². The lowest BCUT2D eigenvalue weighted by molar-refractivity contribution is 0.571. The van der Waals surface area contributed by atoms with E-state index >= 15 is 0 Å². The van der Waals surface area contributed by atoms with Crippen LogP contribution >= 0.6 is 0 Å². The van der Waals surface area contributed by atoms with Crippen molar-refractivity contribution in [3.63, 3.8) is 0 Å². The standard InChI is InChI=1S/C20H23N5O4S2/c1-19(2,30(26)27)15-12(7-5-9-22-15)14-11-24-18(25-17(14)21)13-8-6-10-23-16(13)20(3,4)31(28)29/h5-11,30-31H,1-4H3,(H2,21,24,25). The summed E-state index contributed by atoms with van der Waals surface area (Å²) < 4.78 is 44.7. The highest BCUT2D eigenvalue weighted by molar-refractivity contribution is 7.73. The number of nitrogens with zero attached hydrogens (tertiary/aromatic N) is 4. The first-order chi connectivity index (χ1) is 14.5. The van der Waals surface area contributed by atoms with Crippen LogP contribution in [0.4, 0.5) is 5.82 Å². The summed E-state index contributed by atoms with van der Waals surface area (Å²) in [6.45, 7) is 6.22. The number of pyridine rings is 2. The molecule has 11 heteroatoms. The van der Waals surface area contributed by atoms with Gasteiger partial charge in [0.2, 0.25) is 0 Å². The van der Waals surface area contributed by atoms with Crippen LogP contribution in [0.3, 0.4) is 0 Å². The van der Waals surface area contributed by atoms with Crippen LogP contribution in [0.1, 0.15) is 39.1 Å². The molecule has 3 aromatic rings. The second kappa shape index (κ2) is 8.31. The van der Waals surface area contributed by atoms with E-state index in [0.717, 1.165) is 0 Å². The van der Waals surface area contributed by atoms with Crippen molar-refractivity contribution in [2.24, 2.45) is 0 Å². The summed E-state index contributed by atoms with van der Waals surface area (Å²) in [4.78, 5) is 17.3. The third kappa shape index (κ3) is 4.15. The van der Waals surface area contributed by atoms with Crippen molar-refractivity contribution in [3.8, 4) is 22.5 Å². The van der Waals surface area contributed by atoms with Crippen molar-refractivity contribution in [1.29, 1.82) is 0 Å². The zero-order valence-electron chi connectivity index (χ0n) is 17.4. The largest absolute Gasteiger partial charge is 0.383 e. The summed E-state index contributed by atoms with van der Waals surface area (Å²) in [5.41, 5.74) is 8.25. The molecule has 31 heavy (non-hydrogen) atoms. The fraction of sp³-hybridized carbons (Fsp3) is 0.300. The number of nitrogens with two attached hydrogens (primary N) is 1. The van der Waals surface area contributed by atoms with Crippen LogP contribution in [-0.2, 0) is 30.9 Å². The first kappa shape index (κ1) is 22.8. The zero-order chi connectivity index (χ0) is 23.0. The Hall–Kier alpha value is -2.92. The van der Waals surface area contributed by atoms with E-state index < -0.39 is 30.9 Å². The molecule has 0 aliphatic carbocycles. The van der Waals surface area contributed by atoms with E-state index in [-0.39, 0.29) is 11.6 Å². The molecule has 0 amide bonds. The van der Waals surface area contributed by atoms with E-state index in [4.69, 9.17) is 5.73 Å². The molecule has 0 radical (unpaired) electrons. The summed E-state index contributed by atoms with van der Waals surface area (Å²) >= 11 is 0. The predicted molar refractivity (Wildman–Crippen MR) is 120 cm³/mol. The van der Waals surface area contributed by atoms with Crippen LogP contribution in [0.25, 0.3) is 22.5 Å². The van der Waals surface area contributed by atoms with Gasteiger partial charge in [0.15, 0.2) is 27.2 Å². The van der Waals surface area contributed by atoms with Gasteiger partial charge < -0.3 is 5.73 Å². The third-order valence-corrected chi connectivity index (χ3v) is 7.29. The molecule has 0 saturated heterocycles. The molecular weight excluding hydrogens is 438 g/mol. The van der Waals surface area contributed by atoms with E-state index in [1.165, 1.54) is 18.6 Å². The molecule has 0 aromatic carbocycles. The Kier molecular flexibility index (Phi) is 6.10. The van der Waals surface area contributed by atoms with Gasteiger partial charge in [-0.2, -0.15) is 0 Å². The zero-order valence-corrected chi connectivity index (χ0v) is 19.2. The fourth-order valence-electron chi connectivity index (χ4n) is 3.09. The van der Waals surface area contributed by atoms with Gasteiger partial charge in [0.05, 0.1) is 11.4 Å². The average molecular weight is 462 g/mol. The van der Waals surface area contributed by atoms with Gasteiger partial charge in [0.25, 0.3) is 0 Å². The number of hydrogen-bond donors (Lipinski definition) is 3. The van der Waals surface area contributed by atoms with Gasteiger partial charge in [0, 0.05) is 35.3 Å². The summed E-state index contributed by atoms with van der Waals surface area (Å²) in [6.07, 6.45) is 4.50. The van der Waals surface area contributed by atoms with Crippen molar-refractivity contribution in [1.82, 2.24) is 19.9 Å². The van der Waals surface area contributed by atoms with Crippen molar-refractivity contribution in [3.05, 3.63) is 54.2 Å². The number of hydrogen-bond acceptors (Lipinski definition) is 9. The summed E-state index contributed by atoms with van der Waals surface area (Å²) in [5.74, 6) is 0.323. The Morgan fingerprint density at radius 2 is 1.23 bits per heavy atom. The van der Waals surface area contributed by atoms with Crippen LogP contribution in [0.5, 0.6) is 0 Å². The number of nitrogen functional groups attached to an aromatic ring is 1. The lowest BCUT2D eigenvalue weighted by Gasteiger charge is -2.21. The highest BCUT2D eigenvalue weighted by Gasteiger charge is 2.31. The molecule has 0 atom stereocenters. The Morgan fingerprint density at radius 3 is 1.71 bits per heavy atom. The van der Waals surface area contributed by atoms with E-state index in [1.54, 1.807) is 52.0 Å². The van der Waals surface area contributed by atoms with Crippen molar-refractivity contribution in [2.75, 3.05) is 5.73 Å². The molecular formula is C20H23N5O4S2. The minimum absolute atomic E-state index is 0.107. The Morgan fingerprint density at radius 1 is 0.742 bits per heavy atom. The van der Waals surface area contributed by atoms with Gasteiger partial charge in [-0.15, -0.1) is 0 Å². The quantitative estimate of drug-likeness (QED) is 0.468. The SMILES string of the molecule is CC(C)(c1ncccc1-c1ncc(-c2cccnc2C(C)(C)[SH](=O)=O)c(N)n1)[SH](=O)=O. The molecule has 0 spiro atoms.